The third-order valence-electron chi connectivity index (χ3n) is 4.82. The Labute approximate surface area is 169 Å². The molecule has 0 aliphatic rings. The van der Waals surface area contributed by atoms with Crippen molar-refractivity contribution in [2.75, 3.05) is 5.32 Å². The topological polar surface area (TPSA) is 60.3 Å². The molecule has 0 spiro atoms. The van der Waals surface area contributed by atoms with Crippen LogP contribution in [0, 0.1) is 13.8 Å². The van der Waals surface area contributed by atoms with Gasteiger partial charge in [0.1, 0.15) is 5.75 Å². The number of thiazole rings is 1. The van der Waals surface area contributed by atoms with Crippen molar-refractivity contribution in [1.82, 2.24) is 4.57 Å². The van der Waals surface area contributed by atoms with Crippen molar-refractivity contribution in [3.05, 3.63) is 57.2 Å². The summed E-state index contributed by atoms with van der Waals surface area (Å²) in [5.41, 5.74) is 3.87. The molecule has 5 nitrogen and oxygen atoms in total. The number of ether oxygens (including phenoxy) is 1. The van der Waals surface area contributed by atoms with Crippen LogP contribution in [0.4, 0.5) is 5.69 Å². The molecule has 1 atom stereocenters. The van der Waals surface area contributed by atoms with Crippen LogP contribution in [0.1, 0.15) is 44.4 Å². The number of hydrogen-bond acceptors (Lipinski definition) is 4. The van der Waals surface area contributed by atoms with E-state index in [1.807, 2.05) is 71.0 Å². The van der Waals surface area contributed by atoms with E-state index < -0.39 is 6.10 Å². The number of carbonyl (C=O) groups is 1. The lowest BCUT2D eigenvalue weighted by atomic mass is 10.1. The summed E-state index contributed by atoms with van der Waals surface area (Å²) >= 11 is 1.19. The number of benzene rings is 2. The van der Waals surface area contributed by atoms with Crippen molar-refractivity contribution in [3.8, 4) is 5.75 Å². The number of rotatable bonds is 6. The normalized spacial score (nSPS) is 12.4. The first kappa shape index (κ1) is 20.1. The monoisotopic (exact) mass is 398 g/mol. The summed E-state index contributed by atoms with van der Waals surface area (Å²) in [6.45, 7) is 9.95. The molecule has 2 aromatic carbocycles. The van der Waals surface area contributed by atoms with Crippen LogP contribution >= 0.6 is 11.3 Å². The molecule has 0 saturated heterocycles. The first-order chi connectivity index (χ1) is 13.3. The Morgan fingerprint density at radius 1 is 1.14 bits per heavy atom. The molecule has 0 bridgehead atoms. The van der Waals surface area contributed by atoms with Gasteiger partial charge < -0.3 is 10.1 Å². The van der Waals surface area contributed by atoms with E-state index in [0.717, 1.165) is 15.8 Å². The number of nitrogens with one attached hydrogen (secondary N) is 1. The zero-order valence-corrected chi connectivity index (χ0v) is 17.7. The van der Waals surface area contributed by atoms with Gasteiger partial charge in [-0.2, -0.15) is 0 Å². The van der Waals surface area contributed by atoms with Gasteiger partial charge in [0.05, 0.1) is 10.2 Å². The Hall–Kier alpha value is -2.60. The maximum absolute atomic E-state index is 12.7. The standard InChI is InChI=1S/C22H26N2O3S/c1-6-19(27-17-9-7-14(4)15(5)11-17)21(25)23-16-8-10-18-20(12-16)28-22(26)24(18)13(2)3/h7-13,19H,6H2,1-5H3,(H,23,25). The first-order valence-electron chi connectivity index (χ1n) is 9.50. The fourth-order valence-electron chi connectivity index (χ4n) is 3.10. The van der Waals surface area contributed by atoms with E-state index in [-0.39, 0.29) is 16.8 Å². The summed E-state index contributed by atoms with van der Waals surface area (Å²) in [5, 5.41) is 2.92. The summed E-state index contributed by atoms with van der Waals surface area (Å²) in [4.78, 5) is 24.9. The summed E-state index contributed by atoms with van der Waals surface area (Å²) in [7, 11) is 0. The highest BCUT2D eigenvalue weighted by molar-refractivity contribution is 7.16. The molecule has 1 heterocycles. The second kappa shape index (κ2) is 8.19. The van der Waals surface area contributed by atoms with Crippen LogP contribution in [0.3, 0.4) is 0 Å². The zero-order chi connectivity index (χ0) is 20.4. The zero-order valence-electron chi connectivity index (χ0n) is 16.9. The molecule has 0 aliphatic carbocycles. The van der Waals surface area contributed by atoms with Gasteiger partial charge in [0.15, 0.2) is 6.10 Å². The lowest BCUT2D eigenvalue weighted by Crippen LogP contribution is -2.32. The summed E-state index contributed by atoms with van der Waals surface area (Å²) < 4.78 is 8.54. The number of aryl methyl sites for hydroxylation is 2. The van der Waals surface area contributed by atoms with Crippen molar-refractivity contribution < 1.29 is 9.53 Å². The molecule has 1 amide bonds. The number of hydrogen-bond donors (Lipinski definition) is 1. The summed E-state index contributed by atoms with van der Waals surface area (Å²) in [6.07, 6.45) is -0.0327. The number of fused-ring (bicyclic) bond motifs is 1. The average molecular weight is 399 g/mol. The Bertz CT molecular complexity index is 1070. The van der Waals surface area contributed by atoms with Crippen LogP contribution in [-0.4, -0.2) is 16.6 Å². The number of nitrogens with zero attached hydrogens (tertiary/aromatic N) is 1. The molecule has 0 aliphatic heterocycles. The van der Waals surface area contributed by atoms with Gasteiger partial charge in [0, 0.05) is 11.7 Å². The van der Waals surface area contributed by atoms with Crippen molar-refractivity contribution in [1.29, 1.82) is 0 Å². The molecule has 0 saturated carbocycles. The summed E-state index contributed by atoms with van der Waals surface area (Å²) in [6, 6.07) is 11.5. The first-order valence-corrected chi connectivity index (χ1v) is 10.3. The molecule has 1 aromatic heterocycles. The van der Waals surface area contributed by atoms with Gasteiger partial charge >= 0.3 is 4.87 Å². The lowest BCUT2D eigenvalue weighted by Gasteiger charge is -2.18. The maximum atomic E-state index is 12.7. The van der Waals surface area contributed by atoms with Crippen LogP contribution < -0.4 is 14.9 Å². The largest absolute Gasteiger partial charge is 0.481 e. The van der Waals surface area contributed by atoms with E-state index in [1.165, 1.54) is 16.9 Å². The highest BCUT2D eigenvalue weighted by atomic mass is 32.1. The third-order valence-corrected chi connectivity index (χ3v) is 5.74. The molecular formula is C22H26N2O3S. The van der Waals surface area contributed by atoms with Crippen molar-refractivity contribution >= 4 is 33.1 Å². The van der Waals surface area contributed by atoms with Gasteiger partial charge in [-0.25, -0.2) is 0 Å². The smallest absolute Gasteiger partial charge is 0.308 e. The third kappa shape index (κ3) is 4.12. The van der Waals surface area contributed by atoms with E-state index in [2.05, 4.69) is 5.32 Å². The summed E-state index contributed by atoms with van der Waals surface area (Å²) in [5.74, 6) is 0.489. The second-order valence-corrected chi connectivity index (χ2v) is 8.26. The van der Waals surface area contributed by atoms with Crippen LogP contribution in [-0.2, 0) is 4.79 Å². The van der Waals surface area contributed by atoms with Crippen molar-refractivity contribution in [2.45, 2.75) is 53.2 Å². The Morgan fingerprint density at radius 2 is 1.89 bits per heavy atom. The highest BCUT2D eigenvalue weighted by Crippen LogP contribution is 2.25. The Kier molecular flexibility index (Phi) is 5.89. The fraction of sp³-hybridized carbons (Fsp3) is 0.364. The number of amides is 1. The fourth-order valence-corrected chi connectivity index (χ4v) is 4.15. The van der Waals surface area contributed by atoms with Gasteiger partial charge in [-0.05, 0) is 75.6 Å². The quantitative estimate of drug-likeness (QED) is 0.631. The van der Waals surface area contributed by atoms with Crippen molar-refractivity contribution in [2.24, 2.45) is 0 Å². The van der Waals surface area contributed by atoms with E-state index in [1.54, 1.807) is 4.57 Å². The predicted molar refractivity (Wildman–Crippen MR) is 116 cm³/mol. The molecule has 3 rings (SSSR count). The molecule has 148 valence electrons. The van der Waals surface area contributed by atoms with E-state index in [0.29, 0.717) is 17.9 Å². The molecular weight excluding hydrogens is 372 g/mol. The Morgan fingerprint density at radius 3 is 2.54 bits per heavy atom. The lowest BCUT2D eigenvalue weighted by molar-refractivity contribution is -0.122. The predicted octanol–water partition coefficient (Wildman–Crippen LogP) is 5.06. The minimum absolute atomic E-state index is 0.0120. The van der Waals surface area contributed by atoms with Gasteiger partial charge in [-0.1, -0.05) is 24.3 Å². The van der Waals surface area contributed by atoms with Crippen LogP contribution in [0.5, 0.6) is 5.75 Å². The Balaban J connectivity index is 1.78. The van der Waals surface area contributed by atoms with Crippen LogP contribution in [0.15, 0.2) is 41.2 Å². The van der Waals surface area contributed by atoms with E-state index >= 15 is 0 Å². The SMILES string of the molecule is CCC(Oc1ccc(C)c(C)c1)C(=O)Nc1ccc2c(c1)sc(=O)n2C(C)C. The molecule has 3 aromatic rings. The molecule has 0 fully saturated rings. The molecule has 28 heavy (non-hydrogen) atoms. The van der Waals surface area contributed by atoms with Gasteiger partial charge in [0.2, 0.25) is 0 Å². The van der Waals surface area contributed by atoms with E-state index in [9.17, 15) is 9.59 Å². The second-order valence-electron chi connectivity index (χ2n) is 7.26. The number of anilines is 1. The molecule has 1 N–H and O–H groups in total. The van der Waals surface area contributed by atoms with Crippen LogP contribution in [0.2, 0.25) is 0 Å². The number of carbonyl (C=O) groups excluding carboxylic acids is 1. The van der Waals surface area contributed by atoms with Gasteiger partial charge in [-0.3, -0.25) is 14.2 Å². The molecule has 1 unspecified atom stereocenters. The molecule has 0 radical (unpaired) electrons. The van der Waals surface area contributed by atoms with Gasteiger partial charge in [0.25, 0.3) is 5.91 Å². The average Bonchev–Trinajstić information content (AvgIpc) is 2.97. The maximum Gasteiger partial charge on any atom is 0.308 e. The molecule has 6 heteroatoms. The van der Waals surface area contributed by atoms with Gasteiger partial charge in [-0.15, -0.1) is 0 Å². The van der Waals surface area contributed by atoms with E-state index in [4.69, 9.17) is 4.74 Å². The number of aromatic nitrogens is 1. The van der Waals surface area contributed by atoms with Crippen molar-refractivity contribution in [3.63, 3.8) is 0 Å². The van der Waals surface area contributed by atoms with Crippen LogP contribution in [0.25, 0.3) is 10.2 Å². The highest BCUT2D eigenvalue weighted by Gasteiger charge is 2.19. The minimum atomic E-state index is -0.586. The minimum Gasteiger partial charge on any atom is -0.481 e.